The van der Waals surface area contributed by atoms with Gasteiger partial charge in [0, 0.05) is 18.9 Å². The summed E-state index contributed by atoms with van der Waals surface area (Å²) >= 11 is 1.55. The Morgan fingerprint density at radius 2 is 1.85 bits per heavy atom. The van der Waals surface area contributed by atoms with Crippen molar-refractivity contribution in [3.05, 3.63) is 65.7 Å². The van der Waals surface area contributed by atoms with Gasteiger partial charge >= 0.3 is 0 Å². The van der Waals surface area contributed by atoms with Crippen LogP contribution in [-0.2, 0) is 15.3 Å². The van der Waals surface area contributed by atoms with E-state index in [0.29, 0.717) is 23.5 Å². The molecule has 5 nitrogen and oxygen atoms in total. The first-order valence-corrected chi connectivity index (χ1v) is 10.3. The Morgan fingerprint density at radius 3 is 2.63 bits per heavy atom. The van der Waals surface area contributed by atoms with E-state index in [4.69, 9.17) is 4.74 Å². The van der Waals surface area contributed by atoms with Crippen LogP contribution in [0.5, 0.6) is 0 Å². The minimum Gasteiger partial charge on any atom is -0.376 e. The summed E-state index contributed by atoms with van der Waals surface area (Å²) in [6.45, 7) is 1.25. The van der Waals surface area contributed by atoms with Gasteiger partial charge in [0.2, 0.25) is 5.91 Å². The maximum absolute atomic E-state index is 12.5. The molecular formula is C21H24N2O3S. The third-order valence-corrected chi connectivity index (χ3v) is 5.31. The normalized spacial score (nSPS) is 16.1. The molecule has 0 aliphatic carbocycles. The lowest BCUT2D eigenvalue weighted by Crippen LogP contribution is -2.32. The molecule has 2 amide bonds. The second-order valence-corrected chi connectivity index (χ2v) is 7.40. The van der Waals surface area contributed by atoms with Gasteiger partial charge in [0.05, 0.1) is 23.1 Å². The topological polar surface area (TPSA) is 67.4 Å². The van der Waals surface area contributed by atoms with Gasteiger partial charge in [-0.15, -0.1) is 11.8 Å². The summed E-state index contributed by atoms with van der Waals surface area (Å²) in [5, 5.41) is 5.75. The molecule has 6 heteroatoms. The number of ether oxygens (including phenoxy) is 1. The molecule has 1 aliphatic rings. The first-order valence-electron chi connectivity index (χ1n) is 9.13. The van der Waals surface area contributed by atoms with E-state index in [1.165, 1.54) is 5.56 Å². The number of rotatable bonds is 8. The van der Waals surface area contributed by atoms with Crippen LogP contribution in [0, 0.1) is 0 Å². The predicted octanol–water partition coefficient (Wildman–Crippen LogP) is 3.47. The van der Waals surface area contributed by atoms with Gasteiger partial charge in [-0.25, -0.2) is 0 Å². The highest BCUT2D eigenvalue weighted by Gasteiger charge is 2.18. The zero-order valence-electron chi connectivity index (χ0n) is 15.1. The fourth-order valence-corrected chi connectivity index (χ4v) is 3.71. The van der Waals surface area contributed by atoms with Crippen molar-refractivity contribution in [1.82, 2.24) is 5.32 Å². The summed E-state index contributed by atoms with van der Waals surface area (Å²) in [6, 6.07) is 17.1. The molecule has 0 unspecified atom stereocenters. The van der Waals surface area contributed by atoms with Gasteiger partial charge in [-0.3, -0.25) is 9.59 Å². The second-order valence-electron chi connectivity index (χ2n) is 6.42. The molecule has 2 aromatic carbocycles. The van der Waals surface area contributed by atoms with E-state index in [1.807, 2.05) is 36.4 Å². The van der Waals surface area contributed by atoms with Gasteiger partial charge in [-0.05, 0) is 30.5 Å². The van der Waals surface area contributed by atoms with E-state index < -0.39 is 0 Å². The van der Waals surface area contributed by atoms with Crippen LogP contribution in [-0.4, -0.2) is 36.8 Å². The van der Waals surface area contributed by atoms with Gasteiger partial charge < -0.3 is 15.4 Å². The maximum atomic E-state index is 12.5. The molecule has 2 aromatic rings. The van der Waals surface area contributed by atoms with Crippen LogP contribution in [0.4, 0.5) is 5.69 Å². The molecule has 1 fully saturated rings. The van der Waals surface area contributed by atoms with Gasteiger partial charge in [0.25, 0.3) is 5.91 Å². The van der Waals surface area contributed by atoms with Gasteiger partial charge in [-0.1, -0.05) is 42.5 Å². The maximum Gasteiger partial charge on any atom is 0.253 e. The average Bonchev–Trinajstić information content (AvgIpc) is 3.21. The number of nitrogens with one attached hydrogen (secondary N) is 2. The molecule has 27 heavy (non-hydrogen) atoms. The van der Waals surface area contributed by atoms with Gasteiger partial charge in [0.15, 0.2) is 0 Å². The van der Waals surface area contributed by atoms with Crippen molar-refractivity contribution in [3.8, 4) is 0 Å². The Labute approximate surface area is 163 Å². The molecule has 2 N–H and O–H groups in total. The summed E-state index contributed by atoms with van der Waals surface area (Å²) in [7, 11) is 0. The highest BCUT2D eigenvalue weighted by atomic mass is 32.2. The van der Waals surface area contributed by atoms with Crippen molar-refractivity contribution in [3.63, 3.8) is 0 Å². The van der Waals surface area contributed by atoms with Gasteiger partial charge in [0.1, 0.15) is 0 Å². The molecule has 1 saturated heterocycles. The largest absolute Gasteiger partial charge is 0.376 e. The predicted molar refractivity (Wildman–Crippen MR) is 109 cm³/mol. The molecule has 1 aliphatic heterocycles. The first kappa shape index (κ1) is 19.5. The Balaban J connectivity index is 1.50. The fourth-order valence-electron chi connectivity index (χ4n) is 2.92. The third-order valence-electron chi connectivity index (χ3n) is 4.30. The molecular weight excluding hydrogens is 360 g/mol. The number of benzene rings is 2. The van der Waals surface area contributed by atoms with Crippen molar-refractivity contribution in [2.75, 3.05) is 24.2 Å². The van der Waals surface area contributed by atoms with Crippen LogP contribution in [0.1, 0.15) is 28.8 Å². The summed E-state index contributed by atoms with van der Waals surface area (Å²) in [5.74, 6) is 0.798. The van der Waals surface area contributed by atoms with Crippen molar-refractivity contribution in [2.24, 2.45) is 0 Å². The number of para-hydroxylation sites is 1. The summed E-state index contributed by atoms with van der Waals surface area (Å²) in [5.41, 5.74) is 2.19. The van der Waals surface area contributed by atoms with Crippen LogP contribution in [0.25, 0.3) is 0 Å². The zero-order chi connectivity index (χ0) is 18.9. The summed E-state index contributed by atoms with van der Waals surface area (Å²) in [6.07, 6.45) is 2.09. The summed E-state index contributed by atoms with van der Waals surface area (Å²) < 4.78 is 5.53. The van der Waals surface area contributed by atoms with Crippen molar-refractivity contribution < 1.29 is 14.3 Å². The monoisotopic (exact) mass is 384 g/mol. The SMILES string of the molecule is O=C(CSCc1ccccc1)Nc1ccccc1C(=O)NC[C@@H]1CCCO1. The van der Waals surface area contributed by atoms with E-state index in [9.17, 15) is 9.59 Å². The van der Waals surface area contributed by atoms with E-state index in [1.54, 1.807) is 30.0 Å². The Kier molecular flexibility index (Phi) is 7.30. The Bertz CT molecular complexity index is 761. The lowest BCUT2D eigenvalue weighted by atomic mass is 10.1. The van der Waals surface area contributed by atoms with Gasteiger partial charge in [-0.2, -0.15) is 0 Å². The summed E-state index contributed by atoms with van der Waals surface area (Å²) in [4.78, 5) is 24.7. The average molecular weight is 385 g/mol. The number of anilines is 1. The Morgan fingerprint density at radius 1 is 1.07 bits per heavy atom. The molecule has 0 aromatic heterocycles. The van der Waals surface area contributed by atoms with Crippen molar-refractivity contribution >= 4 is 29.3 Å². The van der Waals surface area contributed by atoms with Crippen LogP contribution in [0.15, 0.2) is 54.6 Å². The number of hydrogen-bond acceptors (Lipinski definition) is 4. The minimum atomic E-state index is -0.196. The molecule has 0 bridgehead atoms. The third kappa shape index (κ3) is 6.12. The quantitative estimate of drug-likeness (QED) is 0.731. The fraction of sp³-hybridized carbons (Fsp3) is 0.333. The van der Waals surface area contributed by atoms with Crippen LogP contribution < -0.4 is 10.6 Å². The van der Waals surface area contributed by atoms with Crippen LogP contribution in [0.2, 0.25) is 0 Å². The lowest BCUT2D eigenvalue weighted by Gasteiger charge is -2.13. The van der Waals surface area contributed by atoms with E-state index in [0.717, 1.165) is 25.2 Å². The molecule has 3 rings (SSSR count). The smallest absolute Gasteiger partial charge is 0.253 e. The van der Waals surface area contributed by atoms with Crippen molar-refractivity contribution in [2.45, 2.75) is 24.7 Å². The van der Waals surface area contributed by atoms with Crippen LogP contribution >= 0.6 is 11.8 Å². The molecule has 0 saturated carbocycles. The number of thioether (sulfide) groups is 1. The van der Waals surface area contributed by atoms with E-state index >= 15 is 0 Å². The number of hydrogen-bond donors (Lipinski definition) is 2. The van der Waals surface area contributed by atoms with Crippen LogP contribution in [0.3, 0.4) is 0 Å². The molecule has 1 atom stereocenters. The number of amides is 2. The highest BCUT2D eigenvalue weighted by molar-refractivity contribution is 7.99. The molecule has 1 heterocycles. The molecule has 0 radical (unpaired) electrons. The minimum absolute atomic E-state index is 0.0880. The number of carbonyl (C=O) groups is 2. The van der Waals surface area contributed by atoms with Crippen molar-refractivity contribution in [1.29, 1.82) is 0 Å². The zero-order valence-corrected chi connectivity index (χ0v) is 16.0. The van der Waals surface area contributed by atoms with E-state index in [2.05, 4.69) is 10.6 Å². The molecule has 142 valence electrons. The first-order chi connectivity index (χ1) is 13.2. The number of carbonyl (C=O) groups excluding carboxylic acids is 2. The molecule has 0 spiro atoms. The highest BCUT2D eigenvalue weighted by Crippen LogP contribution is 2.17. The Hall–Kier alpha value is -2.31. The van der Waals surface area contributed by atoms with E-state index in [-0.39, 0.29) is 17.9 Å². The standard InChI is InChI=1S/C21H24N2O3S/c24-20(15-27-14-16-7-2-1-3-8-16)23-19-11-5-4-10-18(19)21(25)22-13-17-9-6-12-26-17/h1-5,7-8,10-11,17H,6,9,12-15H2,(H,22,25)(H,23,24)/t17-/m0/s1. The lowest BCUT2D eigenvalue weighted by molar-refractivity contribution is -0.113. The second kappa shape index (κ2) is 10.1.